The van der Waals surface area contributed by atoms with Crippen LogP contribution in [-0.2, 0) is 19.0 Å². The van der Waals surface area contributed by atoms with Crippen LogP contribution in [0.25, 0.3) is 0 Å². The van der Waals surface area contributed by atoms with Gasteiger partial charge in [-0.1, -0.05) is 17.0 Å². The maximum atomic E-state index is 13.1. The molecule has 0 aromatic rings. The van der Waals surface area contributed by atoms with E-state index in [0.717, 1.165) is 25.7 Å². The number of hydrogen-bond acceptors (Lipinski definition) is 5. The van der Waals surface area contributed by atoms with Crippen LogP contribution in [0.3, 0.4) is 0 Å². The highest BCUT2D eigenvalue weighted by Gasteiger charge is 2.48. The molecule has 1 rings (SSSR count). The molecule has 18 heavy (non-hydrogen) atoms. The maximum Gasteiger partial charge on any atom is 0.396 e. The molecule has 1 atom stereocenters. The largest absolute Gasteiger partial charge is 0.396 e. The van der Waals surface area contributed by atoms with Crippen molar-refractivity contribution in [3.63, 3.8) is 0 Å². The van der Waals surface area contributed by atoms with Gasteiger partial charge in [-0.15, -0.1) is 0 Å². The van der Waals surface area contributed by atoms with E-state index in [1.807, 2.05) is 0 Å². The molecule has 8 heteroatoms. The fourth-order valence-electron chi connectivity index (χ4n) is 1.94. The summed E-state index contributed by atoms with van der Waals surface area (Å²) in [6, 6.07) is 0. The minimum absolute atomic E-state index is 0.0410. The van der Waals surface area contributed by atoms with Crippen LogP contribution in [0.2, 0.25) is 0 Å². The van der Waals surface area contributed by atoms with E-state index < -0.39 is 28.1 Å². The Balaban J connectivity index is 2.36. The number of alkyl halides is 2. The highest BCUT2D eigenvalue weighted by atomic mass is 32.2. The van der Waals surface area contributed by atoms with E-state index in [2.05, 4.69) is 16.0 Å². The summed E-state index contributed by atoms with van der Waals surface area (Å²) in [6.07, 6.45) is 2.83. The number of rotatable bonds is 7. The molecule has 0 spiro atoms. The molecule has 0 amide bonds. The van der Waals surface area contributed by atoms with Gasteiger partial charge in [0.05, 0.1) is 12.7 Å². The van der Waals surface area contributed by atoms with E-state index >= 15 is 0 Å². The molecule has 5 nitrogen and oxygen atoms in total. The first-order valence-corrected chi connectivity index (χ1v) is 7.03. The molecule has 0 aromatic heterocycles. The van der Waals surface area contributed by atoms with Crippen molar-refractivity contribution in [2.75, 3.05) is 13.2 Å². The molecule has 0 bridgehead atoms. The summed E-state index contributed by atoms with van der Waals surface area (Å²) < 4.78 is 55.8. The Hall–Kier alpha value is -0.440. The predicted octanol–water partition coefficient (Wildman–Crippen LogP) is 1.28. The molecule has 0 aliphatic heterocycles. The van der Waals surface area contributed by atoms with Gasteiger partial charge in [0.25, 0.3) is 0 Å². The average Bonchev–Trinajstić information content (AvgIpc) is 2.81. The van der Waals surface area contributed by atoms with Gasteiger partial charge in [0.2, 0.25) is 7.11 Å². The molecule has 106 valence electrons. The molecule has 0 saturated heterocycles. The number of aliphatic hydroxyl groups excluding tert-OH is 1. The normalized spacial score (nSPS) is 20.2. The second-order valence-electron chi connectivity index (χ2n) is 4.34. The van der Waals surface area contributed by atoms with E-state index in [1.165, 1.54) is 0 Å². The number of hydrogen-bond donors (Lipinski definition) is 1. The predicted molar refractivity (Wildman–Crippen MR) is 59.1 cm³/mol. The Kier molecular flexibility index (Phi) is 5.32. The fraction of sp³-hybridized carbons (Fsp3) is 0.900. The van der Waals surface area contributed by atoms with Crippen LogP contribution < -0.4 is 0 Å². The lowest BCUT2D eigenvalue weighted by Crippen LogP contribution is -2.36. The third-order valence-electron chi connectivity index (χ3n) is 3.02. The summed E-state index contributed by atoms with van der Waals surface area (Å²) in [7, 11) is -2.61. The van der Waals surface area contributed by atoms with Gasteiger partial charge in [0, 0.05) is 0 Å². The van der Waals surface area contributed by atoms with Crippen molar-refractivity contribution >= 4 is 10.1 Å². The van der Waals surface area contributed by atoms with E-state index in [9.17, 15) is 22.3 Å². The van der Waals surface area contributed by atoms with Crippen molar-refractivity contribution in [2.45, 2.75) is 37.0 Å². The van der Waals surface area contributed by atoms with Gasteiger partial charge in [0.15, 0.2) is 0 Å². The molecule has 1 aliphatic rings. The van der Waals surface area contributed by atoms with Crippen LogP contribution in [0, 0.1) is 13.0 Å². The zero-order valence-corrected chi connectivity index (χ0v) is 10.7. The van der Waals surface area contributed by atoms with Crippen molar-refractivity contribution < 1.29 is 31.2 Å². The van der Waals surface area contributed by atoms with Crippen LogP contribution in [0.1, 0.15) is 25.7 Å². The first kappa shape index (κ1) is 15.6. The molecule has 1 N–H and O–H groups in total. The van der Waals surface area contributed by atoms with Gasteiger partial charge in [0.1, 0.15) is 6.61 Å². The third kappa shape index (κ3) is 3.78. The van der Waals surface area contributed by atoms with Crippen molar-refractivity contribution in [1.29, 1.82) is 0 Å². The third-order valence-corrected chi connectivity index (χ3v) is 4.18. The van der Waals surface area contributed by atoms with E-state index in [-0.39, 0.29) is 12.5 Å². The minimum atomic E-state index is -5.07. The first-order chi connectivity index (χ1) is 8.30. The fourth-order valence-corrected chi connectivity index (χ4v) is 2.34. The lowest BCUT2D eigenvalue weighted by Gasteiger charge is -2.19. The van der Waals surface area contributed by atoms with Crippen LogP contribution in [0.5, 0.6) is 0 Å². The van der Waals surface area contributed by atoms with Gasteiger partial charge >= 0.3 is 15.4 Å². The Bertz CT molecular complexity index is 351. The van der Waals surface area contributed by atoms with Gasteiger partial charge in [-0.3, -0.25) is 0 Å². The van der Waals surface area contributed by atoms with E-state index in [0.29, 0.717) is 0 Å². The molecule has 0 radical (unpaired) electrons. The van der Waals surface area contributed by atoms with Crippen LogP contribution in [0.15, 0.2) is 0 Å². The number of halogens is 2. The molecule has 1 unspecified atom stereocenters. The Labute approximate surface area is 105 Å². The van der Waals surface area contributed by atoms with Crippen molar-refractivity contribution in [2.24, 2.45) is 5.92 Å². The second-order valence-corrected chi connectivity index (χ2v) is 6.08. The summed E-state index contributed by atoms with van der Waals surface area (Å²) in [5.41, 5.74) is 0. The summed E-state index contributed by atoms with van der Waals surface area (Å²) in [4.78, 5) is 0. The lowest BCUT2D eigenvalue weighted by molar-refractivity contribution is -0.0566. The van der Waals surface area contributed by atoms with Crippen LogP contribution in [0.4, 0.5) is 8.78 Å². The van der Waals surface area contributed by atoms with E-state index in [1.54, 1.807) is 0 Å². The average molecular weight is 287 g/mol. The van der Waals surface area contributed by atoms with Gasteiger partial charge in [-0.05, 0) is 18.8 Å². The summed E-state index contributed by atoms with van der Waals surface area (Å²) in [6.45, 7) is -1.67. The molecule has 1 saturated carbocycles. The Morgan fingerprint density at radius 1 is 1.39 bits per heavy atom. The lowest BCUT2D eigenvalue weighted by atomic mass is 10.0. The van der Waals surface area contributed by atoms with Gasteiger partial charge in [-0.25, -0.2) is 0 Å². The van der Waals surface area contributed by atoms with Crippen LogP contribution >= 0.6 is 0 Å². The maximum absolute atomic E-state index is 13.1. The SMILES string of the molecule is [CH2+]OS(=O)(=O)C(F)(F)COCC(O)C1CCCC1. The summed E-state index contributed by atoms with van der Waals surface area (Å²) in [5.74, 6) is 0.0410. The number of ether oxygens (including phenoxy) is 1. The van der Waals surface area contributed by atoms with Crippen molar-refractivity contribution in [3.05, 3.63) is 7.11 Å². The van der Waals surface area contributed by atoms with Crippen LogP contribution in [-0.4, -0.2) is 38.1 Å². The van der Waals surface area contributed by atoms with E-state index in [4.69, 9.17) is 0 Å². The minimum Gasteiger partial charge on any atom is -0.390 e. The quantitative estimate of drug-likeness (QED) is 0.564. The second kappa shape index (κ2) is 6.14. The van der Waals surface area contributed by atoms with Gasteiger partial charge < -0.3 is 9.84 Å². The monoisotopic (exact) mass is 287 g/mol. The highest BCUT2D eigenvalue weighted by Crippen LogP contribution is 2.28. The van der Waals surface area contributed by atoms with Crippen molar-refractivity contribution in [1.82, 2.24) is 0 Å². The zero-order valence-electron chi connectivity index (χ0n) is 9.85. The molecule has 1 fully saturated rings. The first-order valence-electron chi connectivity index (χ1n) is 5.62. The molecule has 0 heterocycles. The van der Waals surface area contributed by atoms with Crippen molar-refractivity contribution in [3.8, 4) is 0 Å². The van der Waals surface area contributed by atoms with Gasteiger partial charge in [-0.2, -0.15) is 17.2 Å². The molecular weight excluding hydrogens is 270 g/mol. The topological polar surface area (TPSA) is 72.8 Å². The summed E-state index contributed by atoms with van der Waals surface area (Å²) in [5, 5.41) is 5.48. The Morgan fingerprint density at radius 3 is 2.44 bits per heavy atom. The highest BCUT2D eigenvalue weighted by molar-refractivity contribution is 7.87. The molecule has 0 aromatic carbocycles. The summed E-state index contributed by atoms with van der Waals surface area (Å²) >= 11 is 0. The standard InChI is InChI=1S/C10H17F2O5S/c1-16-18(14,15)10(11,12)7-17-6-9(13)8-4-2-3-5-8/h8-9,13H,1-7H2/q+1. The Morgan fingerprint density at radius 2 is 1.94 bits per heavy atom. The smallest absolute Gasteiger partial charge is 0.390 e. The molecule has 1 aliphatic carbocycles. The molecular formula is C10H17F2O5S+. The number of aliphatic hydroxyl groups is 1. The zero-order chi connectivity index (χ0) is 13.8.